The summed E-state index contributed by atoms with van der Waals surface area (Å²) in [4.78, 5) is 19.3. The number of rotatable bonds is 7. The van der Waals surface area contributed by atoms with Gasteiger partial charge in [-0.2, -0.15) is 0 Å². The summed E-state index contributed by atoms with van der Waals surface area (Å²) >= 11 is 1.76. The zero-order valence-corrected chi connectivity index (χ0v) is 18.5. The molecule has 0 atom stereocenters. The smallest absolute Gasteiger partial charge is 0.257 e. The summed E-state index contributed by atoms with van der Waals surface area (Å²) in [7, 11) is 0. The standard InChI is InChI=1S/C24H29N3O2S/c1-17(2)19-7-9-20(10-8-19)29-16-23(28)25-15-18-11-13-27(14-12-18)24-26-21-5-3-4-6-22(21)30-24/h3-10,17-18H,11-16H2,1-2H3,(H,25,28). The molecule has 1 aromatic heterocycles. The summed E-state index contributed by atoms with van der Waals surface area (Å²) in [6.45, 7) is 7.06. The molecule has 30 heavy (non-hydrogen) atoms. The molecule has 0 unspecified atom stereocenters. The number of carbonyl (C=O) groups excluding carboxylic acids is 1. The molecule has 1 aliphatic heterocycles. The lowest BCUT2D eigenvalue weighted by Gasteiger charge is -2.31. The monoisotopic (exact) mass is 423 g/mol. The topological polar surface area (TPSA) is 54.5 Å². The summed E-state index contributed by atoms with van der Waals surface area (Å²) in [6, 6.07) is 16.3. The number of carbonyl (C=O) groups is 1. The third-order valence-corrected chi connectivity index (χ3v) is 6.77. The summed E-state index contributed by atoms with van der Waals surface area (Å²) in [5, 5.41) is 4.14. The van der Waals surface area contributed by atoms with Gasteiger partial charge in [0, 0.05) is 19.6 Å². The average Bonchev–Trinajstić information content (AvgIpc) is 3.21. The Morgan fingerprint density at radius 1 is 1.17 bits per heavy atom. The van der Waals surface area contributed by atoms with Gasteiger partial charge in [0.25, 0.3) is 5.91 Å². The van der Waals surface area contributed by atoms with E-state index in [9.17, 15) is 4.79 Å². The first-order valence-electron chi connectivity index (χ1n) is 10.7. The lowest BCUT2D eigenvalue weighted by Crippen LogP contribution is -2.39. The van der Waals surface area contributed by atoms with Gasteiger partial charge in [-0.25, -0.2) is 4.98 Å². The predicted molar refractivity (Wildman–Crippen MR) is 124 cm³/mol. The lowest BCUT2D eigenvalue weighted by molar-refractivity contribution is -0.123. The van der Waals surface area contributed by atoms with Crippen LogP contribution in [0.4, 0.5) is 5.13 Å². The van der Waals surface area contributed by atoms with Crippen molar-refractivity contribution in [1.29, 1.82) is 0 Å². The summed E-state index contributed by atoms with van der Waals surface area (Å²) in [5.74, 6) is 1.67. The van der Waals surface area contributed by atoms with Crippen LogP contribution >= 0.6 is 11.3 Å². The predicted octanol–water partition coefficient (Wildman–Crippen LogP) is 4.83. The van der Waals surface area contributed by atoms with Gasteiger partial charge in [0.05, 0.1) is 10.2 Å². The second kappa shape index (κ2) is 9.47. The third-order valence-electron chi connectivity index (χ3n) is 5.67. The van der Waals surface area contributed by atoms with Gasteiger partial charge >= 0.3 is 0 Å². The highest BCUT2D eigenvalue weighted by atomic mass is 32.1. The molecule has 6 heteroatoms. The quantitative estimate of drug-likeness (QED) is 0.591. The number of nitrogens with one attached hydrogen (secondary N) is 1. The van der Waals surface area contributed by atoms with Gasteiger partial charge in [0.1, 0.15) is 5.75 Å². The number of piperidine rings is 1. The maximum absolute atomic E-state index is 12.2. The van der Waals surface area contributed by atoms with Gasteiger partial charge in [-0.15, -0.1) is 0 Å². The highest BCUT2D eigenvalue weighted by Gasteiger charge is 2.22. The van der Waals surface area contributed by atoms with E-state index in [1.807, 2.05) is 18.2 Å². The van der Waals surface area contributed by atoms with E-state index in [-0.39, 0.29) is 12.5 Å². The van der Waals surface area contributed by atoms with Gasteiger partial charge in [-0.3, -0.25) is 4.79 Å². The van der Waals surface area contributed by atoms with Crippen LogP contribution in [0.1, 0.15) is 38.2 Å². The number of benzene rings is 2. The molecule has 1 aliphatic rings. The molecule has 0 saturated carbocycles. The van der Waals surface area contributed by atoms with Crippen LogP contribution in [-0.2, 0) is 4.79 Å². The van der Waals surface area contributed by atoms with Crippen molar-refractivity contribution in [3.8, 4) is 5.75 Å². The summed E-state index contributed by atoms with van der Waals surface area (Å²) < 4.78 is 6.86. The lowest BCUT2D eigenvalue weighted by atomic mass is 9.97. The van der Waals surface area contributed by atoms with Crippen molar-refractivity contribution in [2.75, 3.05) is 31.1 Å². The number of hydrogen-bond donors (Lipinski definition) is 1. The van der Waals surface area contributed by atoms with E-state index in [2.05, 4.69) is 54.4 Å². The number of ether oxygens (including phenoxy) is 1. The van der Waals surface area contributed by atoms with Gasteiger partial charge in [-0.05, 0) is 54.5 Å². The molecule has 0 bridgehead atoms. The van der Waals surface area contributed by atoms with E-state index in [4.69, 9.17) is 9.72 Å². The molecular weight excluding hydrogens is 394 g/mol. The molecule has 158 valence electrons. The van der Waals surface area contributed by atoms with Crippen LogP contribution < -0.4 is 15.0 Å². The number of hydrogen-bond acceptors (Lipinski definition) is 5. The van der Waals surface area contributed by atoms with Gasteiger partial charge in [-0.1, -0.05) is 49.4 Å². The Kier molecular flexibility index (Phi) is 6.53. The Morgan fingerprint density at radius 3 is 2.60 bits per heavy atom. The number of amides is 1. The molecule has 4 rings (SSSR count). The summed E-state index contributed by atoms with van der Waals surface area (Å²) in [5.41, 5.74) is 2.34. The highest BCUT2D eigenvalue weighted by molar-refractivity contribution is 7.22. The van der Waals surface area contributed by atoms with Crippen molar-refractivity contribution in [3.05, 3.63) is 54.1 Å². The number of thiazole rings is 1. The zero-order chi connectivity index (χ0) is 20.9. The van der Waals surface area contributed by atoms with Crippen LogP contribution in [0.2, 0.25) is 0 Å². The second-order valence-electron chi connectivity index (χ2n) is 8.21. The van der Waals surface area contributed by atoms with Crippen LogP contribution in [0.25, 0.3) is 10.2 Å². The largest absolute Gasteiger partial charge is 0.484 e. The number of para-hydroxylation sites is 1. The first kappa shape index (κ1) is 20.7. The zero-order valence-electron chi connectivity index (χ0n) is 17.6. The highest BCUT2D eigenvalue weighted by Crippen LogP contribution is 2.31. The SMILES string of the molecule is CC(C)c1ccc(OCC(=O)NCC2CCN(c3nc4ccccc4s3)CC2)cc1. The summed E-state index contributed by atoms with van der Waals surface area (Å²) in [6.07, 6.45) is 2.13. The van der Waals surface area contributed by atoms with Crippen LogP contribution in [-0.4, -0.2) is 37.1 Å². The maximum atomic E-state index is 12.2. The molecule has 0 spiro atoms. The second-order valence-corrected chi connectivity index (χ2v) is 9.22. The maximum Gasteiger partial charge on any atom is 0.257 e. The van der Waals surface area contributed by atoms with Crippen molar-refractivity contribution >= 4 is 32.6 Å². The fourth-order valence-electron chi connectivity index (χ4n) is 3.73. The van der Waals surface area contributed by atoms with Crippen LogP contribution in [0.5, 0.6) is 5.75 Å². The van der Waals surface area contributed by atoms with Crippen molar-refractivity contribution < 1.29 is 9.53 Å². The fraction of sp³-hybridized carbons (Fsp3) is 0.417. The Hall–Kier alpha value is -2.60. The molecule has 1 N–H and O–H groups in total. The fourth-order valence-corrected chi connectivity index (χ4v) is 4.75. The molecule has 1 amide bonds. The van der Waals surface area contributed by atoms with E-state index < -0.39 is 0 Å². The van der Waals surface area contributed by atoms with Crippen LogP contribution in [0, 0.1) is 5.92 Å². The molecule has 2 aromatic carbocycles. The molecule has 2 heterocycles. The van der Waals surface area contributed by atoms with Crippen LogP contribution in [0.3, 0.4) is 0 Å². The normalized spacial score (nSPS) is 15.0. The molecule has 3 aromatic rings. The van der Waals surface area contributed by atoms with Crippen molar-refractivity contribution in [1.82, 2.24) is 10.3 Å². The van der Waals surface area contributed by atoms with Crippen molar-refractivity contribution in [3.63, 3.8) is 0 Å². The number of nitrogens with zero attached hydrogens (tertiary/aromatic N) is 2. The minimum absolute atomic E-state index is 0.0588. The Bertz CT molecular complexity index is 943. The molecule has 5 nitrogen and oxygen atoms in total. The van der Waals surface area contributed by atoms with Crippen molar-refractivity contribution in [2.24, 2.45) is 5.92 Å². The number of anilines is 1. The van der Waals surface area contributed by atoms with Gasteiger partial charge < -0.3 is 15.0 Å². The molecule has 0 radical (unpaired) electrons. The van der Waals surface area contributed by atoms with E-state index in [1.54, 1.807) is 11.3 Å². The Morgan fingerprint density at radius 2 is 1.90 bits per heavy atom. The van der Waals surface area contributed by atoms with Crippen LogP contribution in [0.15, 0.2) is 48.5 Å². The first-order valence-corrected chi connectivity index (χ1v) is 11.5. The molecular formula is C24H29N3O2S. The van der Waals surface area contributed by atoms with Crippen molar-refractivity contribution in [2.45, 2.75) is 32.6 Å². The van der Waals surface area contributed by atoms with Gasteiger partial charge in [0.15, 0.2) is 11.7 Å². The average molecular weight is 424 g/mol. The number of fused-ring (bicyclic) bond motifs is 1. The van der Waals surface area contributed by atoms with E-state index in [1.165, 1.54) is 10.3 Å². The van der Waals surface area contributed by atoms with E-state index in [0.29, 0.717) is 18.4 Å². The number of aromatic nitrogens is 1. The molecule has 1 saturated heterocycles. The Balaban J connectivity index is 1.18. The van der Waals surface area contributed by atoms with E-state index >= 15 is 0 Å². The Labute approximate surface area is 182 Å². The first-order chi connectivity index (χ1) is 14.6. The van der Waals surface area contributed by atoms with Gasteiger partial charge in [0.2, 0.25) is 0 Å². The molecule has 0 aliphatic carbocycles. The minimum atomic E-state index is -0.0588. The third kappa shape index (κ3) is 5.11. The van der Waals surface area contributed by atoms with E-state index in [0.717, 1.165) is 42.3 Å². The minimum Gasteiger partial charge on any atom is -0.484 e. The molecule has 1 fully saturated rings.